The highest BCUT2D eigenvalue weighted by Gasteiger charge is 2.11. The number of aromatic nitrogens is 1. The fourth-order valence-corrected chi connectivity index (χ4v) is 2.64. The van der Waals surface area contributed by atoms with E-state index in [1.807, 2.05) is 6.26 Å². The first-order valence-corrected chi connectivity index (χ1v) is 7.33. The summed E-state index contributed by atoms with van der Waals surface area (Å²) in [5, 5.41) is 3.70. The molecule has 0 aliphatic heterocycles. The van der Waals surface area contributed by atoms with Crippen LogP contribution in [0.2, 0.25) is 10.0 Å². The number of amides is 1. The van der Waals surface area contributed by atoms with E-state index in [0.29, 0.717) is 21.3 Å². The molecule has 3 nitrogen and oxygen atoms in total. The van der Waals surface area contributed by atoms with Crippen LogP contribution in [0.5, 0.6) is 0 Å². The number of carbonyl (C=O) groups excluding carboxylic acids is 1. The minimum Gasteiger partial charge on any atom is -0.322 e. The first kappa shape index (κ1) is 14.2. The molecule has 19 heavy (non-hydrogen) atoms. The molecular weight excluding hydrogens is 303 g/mol. The topological polar surface area (TPSA) is 42.0 Å². The zero-order chi connectivity index (χ0) is 13.8. The van der Waals surface area contributed by atoms with E-state index in [-0.39, 0.29) is 5.91 Å². The highest BCUT2D eigenvalue weighted by atomic mass is 35.5. The van der Waals surface area contributed by atoms with Crippen LogP contribution in [0.1, 0.15) is 10.4 Å². The number of pyridine rings is 1. The van der Waals surface area contributed by atoms with Crippen LogP contribution >= 0.6 is 35.0 Å². The molecule has 0 unspecified atom stereocenters. The zero-order valence-corrected chi connectivity index (χ0v) is 12.3. The van der Waals surface area contributed by atoms with Gasteiger partial charge in [-0.1, -0.05) is 23.2 Å². The molecule has 0 aliphatic rings. The Morgan fingerprint density at radius 2 is 1.95 bits per heavy atom. The summed E-state index contributed by atoms with van der Waals surface area (Å²) in [5.41, 5.74) is 1.07. The predicted octanol–water partition coefficient (Wildman–Crippen LogP) is 4.36. The number of anilines is 1. The molecule has 0 spiro atoms. The van der Waals surface area contributed by atoms with Crippen LogP contribution in [0, 0.1) is 0 Å². The fourth-order valence-electron chi connectivity index (χ4n) is 1.55. The molecule has 0 saturated heterocycles. The highest BCUT2D eigenvalue weighted by molar-refractivity contribution is 7.98. The molecule has 1 heterocycles. The van der Waals surface area contributed by atoms with E-state index in [1.54, 1.807) is 30.5 Å². The summed E-state index contributed by atoms with van der Waals surface area (Å²) < 4.78 is 0. The van der Waals surface area contributed by atoms with Crippen molar-refractivity contribution < 1.29 is 4.79 Å². The SMILES string of the molecule is CSc1ccncc1C(=O)Nc1cc(Cl)cc(Cl)c1. The number of nitrogens with zero attached hydrogens (tertiary/aromatic N) is 1. The van der Waals surface area contributed by atoms with Gasteiger partial charge in [-0.05, 0) is 30.5 Å². The Kier molecular flexibility index (Phi) is 4.69. The molecule has 1 N–H and O–H groups in total. The third-order valence-electron chi connectivity index (χ3n) is 2.37. The minimum absolute atomic E-state index is 0.240. The molecule has 6 heteroatoms. The van der Waals surface area contributed by atoms with Gasteiger partial charge in [0.1, 0.15) is 0 Å². The van der Waals surface area contributed by atoms with Gasteiger partial charge in [0.25, 0.3) is 5.91 Å². The fraction of sp³-hybridized carbons (Fsp3) is 0.0769. The summed E-state index contributed by atoms with van der Waals surface area (Å²) in [6, 6.07) is 6.68. The van der Waals surface area contributed by atoms with Gasteiger partial charge in [-0.15, -0.1) is 11.8 Å². The van der Waals surface area contributed by atoms with Crippen molar-refractivity contribution in [1.29, 1.82) is 0 Å². The first-order valence-electron chi connectivity index (χ1n) is 5.35. The van der Waals surface area contributed by atoms with Gasteiger partial charge in [-0.3, -0.25) is 9.78 Å². The van der Waals surface area contributed by atoms with Crippen LogP contribution in [0.25, 0.3) is 0 Å². The van der Waals surface area contributed by atoms with E-state index < -0.39 is 0 Å². The Bertz CT molecular complexity index is 599. The van der Waals surface area contributed by atoms with Gasteiger partial charge in [-0.25, -0.2) is 0 Å². The van der Waals surface area contributed by atoms with Crippen molar-refractivity contribution >= 4 is 46.6 Å². The Morgan fingerprint density at radius 3 is 2.58 bits per heavy atom. The molecule has 1 amide bonds. The number of carbonyl (C=O) groups is 1. The maximum Gasteiger partial charge on any atom is 0.258 e. The molecule has 1 aromatic carbocycles. The molecule has 0 atom stereocenters. The quantitative estimate of drug-likeness (QED) is 0.856. The second kappa shape index (κ2) is 6.28. The Hall–Kier alpha value is -1.23. The lowest BCUT2D eigenvalue weighted by atomic mass is 10.2. The van der Waals surface area contributed by atoms with Gasteiger partial charge < -0.3 is 5.32 Å². The predicted molar refractivity (Wildman–Crippen MR) is 80.4 cm³/mol. The van der Waals surface area contributed by atoms with E-state index >= 15 is 0 Å². The molecular formula is C13H10Cl2N2OS. The summed E-state index contributed by atoms with van der Waals surface area (Å²) in [4.78, 5) is 17.0. The van der Waals surface area contributed by atoms with Crippen molar-refractivity contribution in [1.82, 2.24) is 4.98 Å². The molecule has 0 aliphatic carbocycles. The second-order valence-corrected chi connectivity index (χ2v) is 5.41. The smallest absolute Gasteiger partial charge is 0.258 e. The van der Waals surface area contributed by atoms with Crippen LogP contribution in [0.3, 0.4) is 0 Å². The van der Waals surface area contributed by atoms with Crippen LogP contribution in [-0.4, -0.2) is 17.1 Å². The summed E-state index contributed by atoms with van der Waals surface area (Å²) in [6.45, 7) is 0. The largest absolute Gasteiger partial charge is 0.322 e. The van der Waals surface area contributed by atoms with Crippen molar-refractivity contribution in [3.05, 3.63) is 52.3 Å². The average molecular weight is 313 g/mol. The van der Waals surface area contributed by atoms with Crippen LogP contribution < -0.4 is 5.32 Å². The monoisotopic (exact) mass is 312 g/mol. The number of halogens is 2. The van der Waals surface area contributed by atoms with Gasteiger partial charge in [0, 0.05) is 33.0 Å². The summed E-state index contributed by atoms with van der Waals surface area (Å²) in [6.07, 6.45) is 5.09. The summed E-state index contributed by atoms with van der Waals surface area (Å²) in [7, 11) is 0. The van der Waals surface area contributed by atoms with E-state index in [9.17, 15) is 4.79 Å². The highest BCUT2D eigenvalue weighted by Crippen LogP contribution is 2.24. The maximum atomic E-state index is 12.2. The first-order chi connectivity index (χ1) is 9.10. The van der Waals surface area contributed by atoms with Gasteiger partial charge in [0.2, 0.25) is 0 Å². The molecule has 0 bridgehead atoms. The standard InChI is InChI=1S/C13H10Cl2N2OS/c1-19-12-2-3-16-7-11(12)13(18)17-10-5-8(14)4-9(15)6-10/h2-7H,1H3,(H,17,18). The lowest BCUT2D eigenvalue weighted by Gasteiger charge is -2.08. The zero-order valence-electron chi connectivity index (χ0n) is 9.98. The van der Waals surface area contributed by atoms with Crippen LogP contribution in [-0.2, 0) is 0 Å². The Balaban J connectivity index is 2.25. The summed E-state index contributed by atoms with van der Waals surface area (Å²) >= 11 is 13.3. The Labute approximate surface area is 125 Å². The maximum absolute atomic E-state index is 12.2. The minimum atomic E-state index is -0.240. The van der Waals surface area contributed by atoms with E-state index in [2.05, 4.69) is 10.3 Å². The van der Waals surface area contributed by atoms with Crippen molar-refractivity contribution in [2.45, 2.75) is 4.90 Å². The molecule has 2 aromatic rings. The second-order valence-electron chi connectivity index (χ2n) is 3.69. The number of benzene rings is 1. The van der Waals surface area contributed by atoms with Crippen molar-refractivity contribution in [3.8, 4) is 0 Å². The van der Waals surface area contributed by atoms with Crippen molar-refractivity contribution in [2.24, 2.45) is 0 Å². The van der Waals surface area contributed by atoms with Gasteiger partial charge in [-0.2, -0.15) is 0 Å². The molecule has 0 fully saturated rings. The normalized spacial score (nSPS) is 10.3. The number of hydrogen-bond donors (Lipinski definition) is 1. The van der Waals surface area contributed by atoms with E-state index in [4.69, 9.17) is 23.2 Å². The average Bonchev–Trinajstić information content (AvgIpc) is 2.37. The third-order valence-corrected chi connectivity index (χ3v) is 3.60. The van der Waals surface area contributed by atoms with E-state index in [0.717, 1.165) is 4.90 Å². The number of rotatable bonds is 3. The molecule has 0 radical (unpaired) electrons. The molecule has 0 saturated carbocycles. The third kappa shape index (κ3) is 3.62. The summed E-state index contributed by atoms with van der Waals surface area (Å²) in [5.74, 6) is -0.240. The number of hydrogen-bond acceptors (Lipinski definition) is 3. The van der Waals surface area contributed by atoms with Crippen molar-refractivity contribution in [2.75, 3.05) is 11.6 Å². The molecule has 1 aromatic heterocycles. The van der Waals surface area contributed by atoms with Gasteiger partial charge in [0.15, 0.2) is 0 Å². The lowest BCUT2D eigenvalue weighted by Crippen LogP contribution is -2.13. The number of thioether (sulfide) groups is 1. The van der Waals surface area contributed by atoms with Crippen molar-refractivity contribution in [3.63, 3.8) is 0 Å². The van der Waals surface area contributed by atoms with E-state index in [1.165, 1.54) is 18.0 Å². The van der Waals surface area contributed by atoms with Gasteiger partial charge in [0.05, 0.1) is 5.56 Å². The molecule has 2 rings (SSSR count). The lowest BCUT2D eigenvalue weighted by molar-refractivity contribution is 0.102. The number of nitrogens with one attached hydrogen (secondary N) is 1. The Morgan fingerprint density at radius 1 is 1.26 bits per heavy atom. The van der Waals surface area contributed by atoms with Gasteiger partial charge >= 0.3 is 0 Å². The van der Waals surface area contributed by atoms with Crippen LogP contribution in [0.4, 0.5) is 5.69 Å². The molecule has 98 valence electrons. The van der Waals surface area contributed by atoms with Crippen LogP contribution in [0.15, 0.2) is 41.6 Å².